The number of methoxy groups -OCH3 is 1. The van der Waals surface area contributed by atoms with E-state index in [4.69, 9.17) is 0 Å². The summed E-state index contributed by atoms with van der Waals surface area (Å²) in [5.74, 6) is -0.411. The van der Waals surface area contributed by atoms with Crippen LogP contribution in [0.2, 0.25) is 0 Å². The number of halogens is 1. The first-order chi connectivity index (χ1) is 4.75. The quantitative estimate of drug-likeness (QED) is 0.594. The molecule has 0 amide bonds. The molecule has 54 valence electrons. The Labute approximate surface area is 71.1 Å². The van der Waals surface area contributed by atoms with Crippen molar-refractivity contribution in [3.8, 4) is 0 Å². The lowest BCUT2D eigenvalue weighted by Crippen LogP contribution is -2.03. The van der Waals surface area contributed by atoms with E-state index in [9.17, 15) is 4.79 Å². The van der Waals surface area contributed by atoms with Gasteiger partial charge in [0.1, 0.15) is 0 Å². The van der Waals surface area contributed by atoms with Crippen LogP contribution in [-0.2, 0) is 4.74 Å². The monoisotopic (exact) mass is 252 g/mol. The largest absolute Gasteiger partial charge is 0.464 e. The van der Waals surface area contributed by atoms with E-state index >= 15 is 0 Å². The van der Waals surface area contributed by atoms with E-state index in [1.807, 2.05) is 22.6 Å². The molecule has 1 heterocycles. The molecule has 0 fully saturated rings. The lowest BCUT2D eigenvalue weighted by molar-refractivity contribution is 0.0593. The van der Waals surface area contributed by atoms with Crippen molar-refractivity contribution >= 4 is 28.6 Å². The Morgan fingerprint density at radius 3 is 3.00 bits per heavy atom. The molecule has 0 aromatic carbocycles. The topological polar surface area (TPSA) is 55.0 Å². The van der Waals surface area contributed by atoms with Gasteiger partial charge >= 0.3 is 5.97 Å². The molecule has 0 unspecified atom stereocenters. The number of carbonyl (C=O) groups is 1. The summed E-state index contributed by atoms with van der Waals surface area (Å²) in [6.45, 7) is 0. The molecule has 1 aromatic heterocycles. The number of nitrogens with zero attached hydrogens (tertiary/aromatic N) is 1. The van der Waals surface area contributed by atoms with Crippen molar-refractivity contribution in [3.05, 3.63) is 15.5 Å². The Morgan fingerprint density at radius 2 is 2.60 bits per heavy atom. The summed E-state index contributed by atoms with van der Waals surface area (Å²) < 4.78 is 5.22. The van der Waals surface area contributed by atoms with Gasteiger partial charge in [-0.25, -0.2) is 4.79 Å². The minimum absolute atomic E-state index is 0.336. The molecule has 0 saturated carbocycles. The molecule has 10 heavy (non-hydrogen) atoms. The van der Waals surface area contributed by atoms with Gasteiger partial charge in [-0.05, 0) is 22.6 Å². The van der Waals surface area contributed by atoms with Crippen LogP contribution in [0.4, 0.5) is 0 Å². The highest BCUT2D eigenvalue weighted by atomic mass is 127. The van der Waals surface area contributed by atoms with Gasteiger partial charge in [-0.1, -0.05) is 0 Å². The fourth-order valence-corrected chi connectivity index (χ4v) is 0.995. The van der Waals surface area contributed by atoms with Crippen molar-refractivity contribution in [3.63, 3.8) is 0 Å². The first-order valence-electron chi connectivity index (χ1n) is 2.53. The zero-order chi connectivity index (χ0) is 7.56. The molecule has 0 aliphatic heterocycles. The predicted molar refractivity (Wildman–Crippen MR) is 42.6 cm³/mol. The van der Waals surface area contributed by atoms with E-state index in [0.717, 1.165) is 3.57 Å². The van der Waals surface area contributed by atoms with E-state index in [0.29, 0.717) is 5.69 Å². The number of hydrogen-bond donors (Lipinski definition) is 1. The highest BCUT2D eigenvalue weighted by molar-refractivity contribution is 14.1. The molecule has 0 aliphatic rings. The molecule has 0 atom stereocenters. The van der Waals surface area contributed by atoms with Crippen LogP contribution in [0.1, 0.15) is 10.5 Å². The molecule has 0 spiro atoms. The van der Waals surface area contributed by atoms with Crippen LogP contribution in [0.15, 0.2) is 6.20 Å². The van der Waals surface area contributed by atoms with Crippen LogP contribution in [-0.4, -0.2) is 23.3 Å². The second-order valence-corrected chi connectivity index (χ2v) is 2.74. The molecular weight excluding hydrogens is 247 g/mol. The van der Waals surface area contributed by atoms with Crippen molar-refractivity contribution in [2.24, 2.45) is 0 Å². The number of H-pyrrole nitrogens is 1. The van der Waals surface area contributed by atoms with E-state index in [1.165, 1.54) is 7.11 Å². The first-order valence-corrected chi connectivity index (χ1v) is 3.61. The summed E-state index contributed by atoms with van der Waals surface area (Å²) in [6, 6.07) is 0. The fraction of sp³-hybridized carbons (Fsp3) is 0.200. The van der Waals surface area contributed by atoms with Crippen LogP contribution < -0.4 is 0 Å². The Hall–Kier alpha value is -0.590. The van der Waals surface area contributed by atoms with Gasteiger partial charge in [0.15, 0.2) is 5.69 Å². The van der Waals surface area contributed by atoms with E-state index < -0.39 is 5.97 Å². The van der Waals surface area contributed by atoms with E-state index in [1.54, 1.807) is 6.20 Å². The van der Waals surface area contributed by atoms with Crippen molar-refractivity contribution < 1.29 is 9.53 Å². The average molecular weight is 252 g/mol. The molecular formula is C5H5IN2O2. The minimum Gasteiger partial charge on any atom is -0.464 e. The minimum atomic E-state index is -0.411. The first kappa shape index (κ1) is 7.52. The summed E-state index contributed by atoms with van der Waals surface area (Å²) in [4.78, 5) is 10.8. The zero-order valence-electron chi connectivity index (χ0n) is 5.22. The number of ether oxygens (including phenoxy) is 1. The second-order valence-electron chi connectivity index (χ2n) is 1.57. The molecule has 0 saturated heterocycles. The maximum Gasteiger partial charge on any atom is 0.359 e. The lowest BCUT2D eigenvalue weighted by atomic mass is 10.4. The standard InChI is InChI=1S/C5H5IN2O2/c1-10-5(9)4-3(6)2-7-8-4/h2H,1H3,(H,7,8). The van der Waals surface area contributed by atoms with Crippen molar-refractivity contribution in [2.75, 3.05) is 7.11 Å². The van der Waals surface area contributed by atoms with Crippen LogP contribution in [0.3, 0.4) is 0 Å². The third-order valence-electron chi connectivity index (χ3n) is 0.973. The van der Waals surface area contributed by atoms with Gasteiger partial charge in [-0.15, -0.1) is 0 Å². The molecule has 1 rings (SSSR count). The summed E-state index contributed by atoms with van der Waals surface area (Å²) in [5, 5.41) is 6.23. The SMILES string of the molecule is COC(=O)c1n[nH]cc1I. The Morgan fingerprint density at radius 1 is 1.90 bits per heavy atom. The molecule has 0 aliphatic carbocycles. The highest BCUT2D eigenvalue weighted by Gasteiger charge is 2.11. The summed E-state index contributed by atoms with van der Waals surface area (Å²) in [7, 11) is 1.33. The predicted octanol–water partition coefficient (Wildman–Crippen LogP) is 0.801. The molecule has 1 aromatic rings. The van der Waals surface area contributed by atoms with Gasteiger partial charge in [0, 0.05) is 6.20 Å². The highest BCUT2D eigenvalue weighted by Crippen LogP contribution is 2.07. The Bertz CT molecular complexity index is 246. The second kappa shape index (κ2) is 3.00. The van der Waals surface area contributed by atoms with Crippen molar-refractivity contribution in [1.82, 2.24) is 10.2 Å². The zero-order valence-corrected chi connectivity index (χ0v) is 7.38. The molecule has 0 radical (unpaired) electrons. The van der Waals surface area contributed by atoms with Gasteiger partial charge in [0.05, 0.1) is 10.7 Å². The summed E-state index contributed by atoms with van der Waals surface area (Å²) in [6.07, 6.45) is 1.63. The van der Waals surface area contributed by atoms with E-state index in [-0.39, 0.29) is 0 Å². The van der Waals surface area contributed by atoms with Gasteiger partial charge in [0.25, 0.3) is 0 Å². The molecule has 5 heteroatoms. The maximum absolute atomic E-state index is 10.8. The lowest BCUT2D eigenvalue weighted by Gasteiger charge is -1.91. The van der Waals surface area contributed by atoms with Crippen LogP contribution in [0.25, 0.3) is 0 Å². The summed E-state index contributed by atoms with van der Waals surface area (Å²) >= 11 is 2.00. The molecule has 4 nitrogen and oxygen atoms in total. The summed E-state index contributed by atoms with van der Waals surface area (Å²) in [5.41, 5.74) is 0.336. The normalized spacial score (nSPS) is 9.40. The fourth-order valence-electron chi connectivity index (χ4n) is 0.515. The smallest absolute Gasteiger partial charge is 0.359 e. The van der Waals surface area contributed by atoms with Crippen LogP contribution in [0, 0.1) is 3.57 Å². The van der Waals surface area contributed by atoms with Gasteiger partial charge in [-0.3, -0.25) is 5.10 Å². The molecule has 0 bridgehead atoms. The van der Waals surface area contributed by atoms with Crippen LogP contribution in [0.5, 0.6) is 0 Å². The van der Waals surface area contributed by atoms with Crippen molar-refractivity contribution in [2.45, 2.75) is 0 Å². The number of carbonyl (C=O) groups excluding carboxylic acids is 1. The van der Waals surface area contributed by atoms with Gasteiger partial charge in [-0.2, -0.15) is 5.10 Å². The number of aromatic amines is 1. The third kappa shape index (κ3) is 1.28. The van der Waals surface area contributed by atoms with E-state index in [2.05, 4.69) is 14.9 Å². The number of hydrogen-bond acceptors (Lipinski definition) is 3. The van der Waals surface area contributed by atoms with Gasteiger partial charge in [0.2, 0.25) is 0 Å². The van der Waals surface area contributed by atoms with Crippen molar-refractivity contribution in [1.29, 1.82) is 0 Å². The average Bonchev–Trinajstić information content (AvgIpc) is 2.34. The third-order valence-corrected chi connectivity index (χ3v) is 1.79. The number of aromatic nitrogens is 2. The van der Waals surface area contributed by atoms with Crippen LogP contribution >= 0.6 is 22.6 Å². The Balaban J connectivity index is 2.93. The molecule has 1 N–H and O–H groups in total. The number of rotatable bonds is 1. The number of nitrogens with one attached hydrogen (secondary N) is 1. The maximum atomic E-state index is 10.8. The number of esters is 1. The Kier molecular flexibility index (Phi) is 2.25. The van der Waals surface area contributed by atoms with Gasteiger partial charge < -0.3 is 4.74 Å².